The molecule has 0 aliphatic rings. The second-order valence-corrected chi connectivity index (χ2v) is 3.80. The van der Waals surface area contributed by atoms with Crippen molar-refractivity contribution in [2.45, 2.75) is 13.3 Å². The molecular weight excluding hydrogens is 218 g/mol. The van der Waals surface area contributed by atoms with Crippen molar-refractivity contribution in [3.05, 3.63) is 29.8 Å². The Balaban J connectivity index is 2.61. The molecule has 0 aromatic heterocycles. The fourth-order valence-corrected chi connectivity index (χ4v) is 1.50. The van der Waals surface area contributed by atoms with Gasteiger partial charge in [-0.3, -0.25) is 4.79 Å². The third kappa shape index (κ3) is 4.44. The quantitative estimate of drug-likeness (QED) is 0.805. The first kappa shape index (κ1) is 13.5. The average Bonchev–Trinajstić information content (AvgIpc) is 2.30. The number of carbonyl (C=O) groups excluding carboxylic acids is 1. The van der Waals surface area contributed by atoms with Gasteiger partial charge in [-0.15, -0.1) is 0 Å². The first-order valence-electron chi connectivity index (χ1n) is 5.74. The molecule has 0 saturated carbocycles. The number of likely N-dealkylation sites (N-methyl/N-ethyl adjacent to an activating group) is 1. The summed E-state index contributed by atoms with van der Waals surface area (Å²) in [6.45, 7) is 2.89. The molecule has 1 rings (SSSR count). The van der Waals surface area contributed by atoms with Gasteiger partial charge in [0.15, 0.2) is 0 Å². The maximum absolute atomic E-state index is 11.7. The Bertz CT molecular complexity index is 365. The number of ether oxygens (including phenoxy) is 1. The second-order valence-electron chi connectivity index (χ2n) is 3.80. The number of hydrogen-bond donors (Lipinski definition) is 1. The fourth-order valence-electron chi connectivity index (χ4n) is 1.50. The molecule has 0 bridgehead atoms. The molecule has 0 spiro atoms. The summed E-state index contributed by atoms with van der Waals surface area (Å²) in [6, 6.07) is 7.51. The van der Waals surface area contributed by atoms with E-state index in [9.17, 15) is 4.79 Å². The summed E-state index contributed by atoms with van der Waals surface area (Å²) >= 11 is 0. The lowest BCUT2D eigenvalue weighted by molar-refractivity contribution is -0.129. The van der Waals surface area contributed by atoms with Crippen LogP contribution >= 0.6 is 0 Å². The summed E-state index contributed by atoms with van der Waals surface area (Å²) in [7, 11) is 1.69. The molecular formula is C13H19NO3. The van der Waals surface area contributed by atoms with Crippen LogP contribution in [-0.4, -0.2) is 42.7 Å². The lowest BCUT2D eigenvalue weighted by Gasteiger charge is -2.15. The number of carbonyl (C=O) groups is 1. The van der Waals surface area contributed by atoms with E-state index in [4.69, 9.17) is 9.84 Å². The topological polar surface area (TPSA) is 49.8 Å². The van der Waals surface area contributed by atoms with Crippen molar-refractivity contribution in [1.82, 2.24) is 4.90 Å². The summed E-state index contributed by atoms with van der Waals surface area (Å²) in [5, 5.41) is 8.75. The highest BCUT2D eigenvalue weighted by Gasteiger charge is 2.09. The fraction of sp³-hybridized carbons (Fsp3) is 0.462. The van der Waals surface area contributed by atoms with Crippen molar-refractivity contribution < 1.29 is 14.6 Å². The first-order valence-corrected chi connectivity index (χ1v) is 5.74. The van der Waals surface area contributed by atoms with Gasteiger partial charge in [0.1, 0.15) is 5.75 Å². The molecule has 4 nitrogen and oxygen atoms in total. The molecule has 0 heterocycles. The van der Waals surface area contributed by atoms with E-state index < -0.39 is 0 Å². The van der Waals surface area contributed by atoms with Gasteiger partial charge in [0.2, 0.25) is 5.91 Å². The van der Waals surface area contributed by atoms with Crippen molar-refractivity contribution >= 4 is 5.91 Å². The van der Waals surface area contributed by atoms with Crippen LogP contribution in [0.25, 0.3) is 0 Å². The van der Waals surface area contributed by atoms with Crippen molar-refractivity contribution in [1.29, 1.82) is 0 Å². The number of aliphatic hydroxyl groups is 1. The van der Waals surface area contributed by atoms with E-state index in [2.05, 4.69) is 0 Å². The van der Waals surface area contributed by atoms with E-state index in [0.29, 0.717) is 19.6 Å². The second kappa shape index (κ2) is 6.91. The smallest absolute Gasteiger partial charge is 0.226 e. The maximum Gasteiger partial charge on any atom is 0.226 e. The van der Waals surface area contributed by atoms with E-state index >= 15 is 0 Å². The molecule has 0 fully saturated rings. The molecule has 0 unspecified atom stereocenters. The molecule has 1 aromatic rings. The standard InChI is InChI=1S/C13H19NO3/c1-3-17-12-6-4-5-11(9-12)10-13(16)14(2)7-8-15/h4-6,9,15H,3,7-8,10H2,1-2H3. The summed E-state index contributed by atoms with van der Waals surface area (Å²) < 4.78 is 5.37. The monoisotopic (exact) mass is 237 g/mol. The lowest BCUT2D eigenvalue weighted by Crippen LogP contribution is -2.30. The molecule has 1 aromatic carbocycles. The van der Waals surface area contributed by atoms with Gasteiger partial charge in [-0.1, -0.05) is 12.1 Å². The van der Waals surface area contributed by atoms with Crippen molar-refractivity contribution in [2.75, 3.05) is 26.8 Å². The summed E-state index contributed by atoms with van der Waals surface area (Å²) in [4.78, 5) is 13.3. The van der Waals surface area contributed by atoms with Crippen LogP contribution in [0, 0.1) is 0 Å². The maximum atomic E-state index is 11.7. The van der Waals surface area contributed by atoms with Gasteiger partial charge in [0, 0.05) is 13.6 Å². The molecule has 1 N–H and O–H groups in total. The van der Waals surface area contributed by atoms with Crippen LogP contribution in [0.1, 0.15) is 12.5 Å². The molecule has 94 valence electrons. The van der Waals surface area contributed by atoms with E-state index in [1.54, 1.807) is 7.05 Å². The summed E-state index contributed by atoms with van der Waals surface area (Å²) in [5.41, 5.74) is 0.922. The number of nitrogens with zero attached hydrogens (tertiary/aromatic N) is 1. The van der Waals surface area contributed by atoms with Gasteiger partial charge in [-0.2, -0.15) is 0 Å². The highest BCUT2D eigenvalue weighted by atomic mass is 16.5. The zero-order chi connectivity index (χ0) is 12.7. The van der Waals surface area contributed by atoms with E-state index in [-0.39, 0.29) is 12.5 Å². The van der Waals surface area contributed by atoms with Gasteiger partial charge in [-0.25, -0.2) is 0 Å². The predicted octanol–water partition coefficient (Wildman–Crippen LogP) is 1.08. The van der Waals surface area contributed by atoms with E-state index in [0.717, 1.165) is 11.3 Å². The van der Waals surface area contributed by atoms with Gasteiger partial charge < -0.3 is 14.7 Å². The van der Waals surface area contributed by atoms with Gasteiger partial charge in [-0.05, 0) is 24.6 Å². The zero-order valence-electron chi connectivity index (χ0n) is 10.3. The van der Waals surface area contributed by atoms with Gasteiger partial charge >= 0.3 is 0 Å². The molecule has 0 saturated heterocycles. The number of rotatable bonds is 6. The van der Waals surface area contributed by atoms with E-state index in [1.165, 1.54) is 4.90 Å². The Morgan fingerprint density at radius 1 is 1.47 bits per heavy atom. The van der Waals surface area contributed by atoms with Gasteiger partial charge in [0.25, 0.3) is 0 Å². The van der Waals surface area contributed by atoms with Crippen molar-refractivity contribution in [3.63, 3.8) is 0 Å². The molecule has 17 heavy (non-hydrogen) atoms. The predicted molar refractivity (Wildman–Crippen MR) is 66.0 cm³/mol. The minimum Gasteiger partial charge on any atom is -0.494 e. The minimum absolute atomic E-state index is 0.00676. The van der Waals surface area contributed by atoms with Crippen LogP contribution in [0.5, 0.6) is 5.75 Å². The Morgan fingerprint density at radius 3 is 2.88 bits per heavy atom. The number of benzene rings is 1. The SMILES string of the molecule is CCOc1cccc(CC(=O)N(C)CCO)c1. The van der Waals surface area contributed by atoms with Crippen molar-refractivity contribution in [2.24, 2.45) is 0 Å². The lowest BCUT2D eigenvalue weighted by atomic mass is 10.1. The third-order valence-corrected chi connectivity index (χ3v) is 2.43. The van der Waals surface area contributed by atoms with Crippen LogP contribution in [0.4, 0.5) is 0 Å². The van der Waals surface area contributed by atoms with Crippen LogP contribution in [0.2, 0.25) is 0 Å². The van der Waals surface area contributed by atoms with Crippen LogP contribution in [-0.2, 0) is 11.2 Å². The van der Waals surface area contributed by atoms with Gasteiger partial charge in [0.05, 0.1) is 19.6 Å². The van der Waals surface area contributed by atoms with Crippen LogP contribution in [0.3, 0.4) is 0 Å². The normalized spacial score (nSPS) is 10.1. The van der Waals surface area contributed by atoms with E-state index in [1.807, 2.05) is 31.2 Å². The summed E-state index contributed by atoms with van der Waals surface area (Å²) in [5.74, 6) is 0.773. The Morgan fingerprint density at radius 2 is 2.24 bits per heavy atom. The molecule has 0 radical (unpaired) electrons. The molecule has 0 aliphatic heterocycles. The van der Waals surface area contributed by atoms with Crippen LogP contribution in [0.15, 0.2) is 24.3 Å². The highest BCUT2D eigenvalue weighted by molar-refractivity contribution is 5.78. The Hall–Kier alpha value is -1.55. The summed E-state index contributed by atoms with van der Waals surface area (Å²) in [6.07, 6.45) is 0.331. The highest BCUT2D eigenvalue weighted by Crippen LogP contribution is 2.14. The average molecular weight is 237 g/mol. The minimum atomic E-state index is -0.0127. The molecule has 0 aliphatic carbocycles. The number of amides is 1. The zero-order valence-corrected chi connectivity index (χ0v) is 10.3. The molecule has 4 heteroatoms. The van der Waals surface area contributed by atoms with Crippen LogP contribution < -0.4 is 4.74 Å². The largest absolute Gasteiger partial charge is 0.494 e. The Labute approximate surface area is 102 Å². The molecule has 1 amide bonds. The number of hydrogen-bond acceptors (Lipinski definition) is 3. The third-order valence-electron chi connectivity index (χ3n) is 2.43. The van der Waals surface area contributed by atoms with Crippen molar-refractivity contribution in [3.8, 4) is 5.75 Å². The molecule has 0 atom stereocenters. The Kier molecular flexibility index (Phi) is 5.49. The first-order chi connectivity index (χ1) is 8.17. The number of aliphatic hydroxyl groups excluding tert-OH is 1.